The van der Waals surface area contributed by atoms with Crippen molar-refractivity contribution in [3.05, 3.63) is 47.5 Å². The van der Waals surface area contributed by atoms with Gasteiger partial charge in [0, 0.05) is 6.42 Å². The molecule has 4 nitrogen and oxygen atoms in total. The van der Waals surface area contributed by atoms with E-state index in [1.165, 1.54) is 0 Å². The van der Waals surface area contributed by atoms with Gasteiger partial charge in [0.05, 0.1) is 0 Å². The zero-order valence-corrected chi connectivity index (χ0v) is 7.44. The molecular weight excluding hydrogens is 176 g/mol. The van der Waals surface area contributed by atoms with Crippen molar-refractivity contribution in [2.24, 2.45) is 0 Å². The zero-order valence-electron chi connectivity index (χ0n) is 7.44. The normalized spacial score (nSPS) is 9.64. The van der Waals surface area contributed by atoms with Crippen molar-refractivity contribution in [2.45, 2.75) is 6.42 Å². The average Bonchev–Trinajstić information content (AvgIpc) is 2.67. The fourth-order valence-corrected chi connectivity index (χ4v) is 1.21. The molecule has 68 valence electrons. The van der Waals surface area contributed by atoms with E-state index in [1.54, 1.807) is 0 Å². The van der Waals surface area contributed by atoms with Crippen LogP contribution in [0.3, 0.4) is 0 Å². The van der Waals surface area contributed by atoms with Crippen molar-refractivity contribution in [3.63, 3.8) is 0 Å². The Balaban J connectivity index is 2.16. The predicted octanol–water partition coefficient (Wildman–Crippen LogP) is 1.27. The molecule has 0 radical (unpaired) electrons. The van der Waals surface area contributed by atoms with Crippen LogP contribution < -0.4 is 0 Å². The van der Waals surface area contributed by atoms with E-state index in [9.17, 15) is 0 Å². The van der Waals surface area contributed by atoms with E-state index >= 15 is 0 Å². The summed E-state index contributed by atoms with van der Waals surface area (Å²) in [5, 5.41) is 15.0. The van der Waals surface area contributed by atoms with Crippen LogP contribution in [0.4, 0.5) is 0 Å². The Bertz CT molecular complexity index is 452. The molecule has 14 heavy (non-hydrogen) atoms. The number of nitrogens with zero attached hydrogens (tertiary/aromatic N) is 3. The standard InChI is InChI=1S/C10H8N4/c11-7-10-12-9(13-14-10)6-8-4-2-1-3-5-8/h1-5H,6H2,(H,12,13,14). The van der Waals surface area contributed by atoms with Gasteiger partial charge in [-0.05, 0) is 5.56 Å². The lowest BCUT2D eigenvalue weighted by molar-refractivity contribution is 0.971. The first-order chi connectivity index (χ1) is 6.88. The number of hydrogen-bond donors (Lipinski definition) is 1. The summed E-state index contributed by atoms with van der Waals surface area (Å²) in [5.74, 6) is 0.906. The van der Waals surface area contributed by atoms with Gasteiger partial charge >= 0.3 is 0 Å². The van der Waals surface area contributed by atoms with Crippen LogP contribution in [0.1, 0.15) is 17.2 Å². The Morgan fingerprint density at radius 1 is 1.29 bits per heavy atom. The quantitative estimate of drug-likeness (QED) is 0.764. The smallest absolute Gasteiger partial charge is 0.252 e. The number of hydrogen-bond acceptors (Lipinski definition) is 3. The highest BCUT2D eigenvalue weighted by atomic mass is 15.2. The number of aromatic amines is 1. The average molecular weight is 184 g/mol. The van der Waals surface area contributed by atoms with Crippen molar-refractivity contribution in [2.75, 3.05) is 0 Å². The molecule has 1 N–H and O–H groups in total. The number of H-pyrrole nitrogens is 1. The molecule has 0 aliphatic rings. The summed E-state index contributed by atoms with van der Waals surface area (Å²) in [6.45, 7) is 0. The zero-order chi connectivity index (χ0) is 9.80. The fraction of sp³-hybridized carbons (Fsp3) is 0.100. The minimum atomic E-state index is 0.191. The van der Waals surface area contributed by atoms with Gasteiger partial charge in [0.25, 0.3) is 5.82 Å². The van der Waals surface area contributed by atoms with Crippen LogP contribution in [0.25, 0.3) is 0 Å². The number of nitriles is 1. The van der Waals surface area contributed by atoms with E-state index < -0.39 is 0 Å². The van der Waals surface area contributed by atoms with Gasteiger partial charge in [0.15, 0.2) is 0 Å². The van der Waals surface area contributed by atoms with Gasteiger partial charge in [-0.15, -0.1) is 5.10 Å². The molecule has 1 aromatic carbocycles. The number of benzene rings is 1. The summed E-state index contributed by atoms with van der Waals surface area (Å²) in [5.41, 5.74) is 1.15. The molecule has 0 atom stereocenters. The third kappa shape index (κ3) is 1.77. The van der Waals surface area contributed by atoms with E-state index in [4.69, 9.17) is 5.26 Å². The number of nitrogens with one attached hydrogen (secondary N) is 1. The Kier molecular flexibility index (Phi) is 2.24. The van der Waals surface area contributed by atoms with Crippen molar-refractivity contribution in [3.8, 4) is 6.07 Å². The van der Waals surface area contributed by atoms with Gasteiger partial charge in [0.2, 0.25) is 0 Å². The third-order valence-electron chi connectivity index (χ3n) is 1.85. The second-order valence-electron chi connectivity index (χ2n) is 2.88. The molecule has 0 fully saturated rings. The lowest BCUT2D eigenvalue weighted by Crippen LogP contribution is -1.90. The van der Waals surface area contributed by atoms with Gasteiger partial charge in [-0.25, -0.2) is 4.98 Å². The summed E-state index contributed by atoms with van der Waals surface area (Å²) < 4.78 is 0. The van der Waals surface area contributed by atoms with E-state index in [1.807, 2.05) is 36.4 Å². The second-order valence-corrected chi connectivity index (χ2v) is 2.88. The van der Waals surface area contributed by atoms with Gasteiger partial charge in [-0.1, -0.05) is 30.3 Å². The maximum atomic E-state index is 8.52. The first-order valence-electron chi connectivity index (χ1n) is 4.24. The van der Waals surface area contributed by atoms with Crippen LogP contribution in [0.15, 0.2) is 30.3 Å². The second kappa shape index (κ2) is 3.71. The van der Waals surface area contributed by atoms with E-state index in [-0.39, 0.29) is 5.82 Å². The van der Waals surface area contributed by atoms with Crippen molar-refractivity contribution >= 4 is 0 Å². The third-order valence-corrected chi connectivity index (χ3v) is 1.85. The molecule has 2 rings (SSSR count). The van der Waals surface area contributed by atoms with Crippen LogP contribution in [0.2, 0.25) is 0 Å². The fourth-order valence-electron chi connectivity index (χ4n) is 1.21. The molecule has 0 saturated heterocycles. The lowest BCUT2D eigenvalue weighted by Gasteiger charge is -1.95. The highest BCUT2D eigenvalue weighted by Crippen LogP contribution is 2.04. The first-order valence-corrected chi connectivity index (χ1v) is 4.24. The predicted molar refractivity (Wildman–Crippen MR) is 50.3 cm³/mol. The Hall–Kier alpha value is -2.15. The molecule has 1 heterocycles. The van der Waals surface area contributed by atoms with Crippen LogP contribution in [0.5, 0.6) is 0 Å². The molecule has 4 heteroatoms. The maximum Gasteiger partial charge on any atom is 0.252 e. The van der Waals surface area contributed by atoms with Crippen LogP contribution in [-0.2, 0) is 6.42 Å². The Morgan fingerprint density at radius 3 is 2.71 bits per heavy atom. The number of aromatic nitrogens is 3. The molecule has 0 bridgehead atoms. The SMILES string of the molecule is N#Cc1n[nH]c(Cc2ccccc2)n1. The number of rotatable bonds is 2. The molecule has 0 aliphatic carbocycles. The summed E-state index contributed by atoms with van der Waals surface area (Å²) in [6, 6.07) is 11.8. The first kappa shape index (κ1) is 8.45. The molecule has 0 spiro atoms. The van der Waals surface area contributed by atoms with Crippen molar-refractivity contribution < 1.29 is 0 Å². The molecule has 1 aromatic heterocycles. The molecule has 0 saturated carbocycles. The van der Waals surface area contributed by atoms with E-state index in [0.717, 1.165) is 5.56 Å². The Labute approximate surface area is 81.2 Å². The monoisotopic (exact) mass is 184 g/mol. The highest BCUT2D eigenvalue weighted by Gasteiger charge is 2.01. The summed E-state index contributed by atoms with van der Waals surface area (Å²) in [4.78, 5) is 4.00. The maximum absolute atomic E-state index is 8.52. The minimum Gasteiger partial charge on any atom is -0.262 e. The Morgan fingerprint density at radius 2 is 2.07 bits per heavy atom. The highest BCUT2D eigenvalue weighted by molar-refractivity contribution is 5.19. The van der Waals surface area contributed by atoms with Gasteiger partial charge < -0.3 is 0 Å². The van der Waals surface area contributed by atoms with Crippen molar-refractivity contribution in [1.82, 2.24) is 15.2 Å². The van der Waals surface area contributed by atoms with E-state index in [2.05, 4.69) is 15.2 Å². The minimum absolute atomic E-state index is 0.191. The molecule has 0 unspecified atom stereocenters. The molecule has 0 amide bonds. The largest absolute Gasteiger partial charge is 0.262 e. The van der Waals surface area contributed by atoms with Crippen molar-refractivity contribution in [1.29, 1.82) is 5.26 Å². The van der Waals surface area contributed by atoms with Crippen LogP contribution in [0, 0.1) is 11.3 Å². The lowest BCUT2D eigenvalue weighted by atomic mass is 10.1. The van der Waals surface area contributed by atoms with Gasteiger partial charge in [-0.2, -0.15) is 5.26 Å². The van der Waals surface area contributed by atoms with E-state index in [0.29, 0.717) is 12.2 Å². The molecular formula is C10H8N4. The summed E-state index contributed by atoms with van der Waals surface area (Å²) in [6.07, 6.45) is 0.676. The van der Waals surface area contributed by atoms with Gasteiger partial charge in [-0.3, -0.25) is 5.10 Å². The van der Waals surface area contributed by atoms with Crippen LogP contribution >= 0.6 is 0 Å². The molecule has 0 aliphatic heterocycles. The summed E-state index contributed by atoms with van der Waals surface area (Å²) in [7, 11) is 0. The van der Waals surface area contributed by atoms with Gasteiger partial charge in [0.1, 0.15) is 11.9 Å². The van der Waals surface area contributed by atoms with Crippen LogP contribution in [-0.4, -0.2) is 15.2 Å². The topological polar surface area (TPSA) is 65.4 Å². The summed E-state index contributed by atoms with van der Waals surface area (Å²) >= 11 is 0. The molecule has 2 aromatic rings.